The first-order valence-electron chi connectivity index (χ1n) is 9.49. The van der Waals surface area contributed by atoms with Gasteiger partial charge in [-0.15, -0.1) is 0 Å². The summed E-state index contributed by atoms with van der Waals surface area (Å²) in [6.45, 7) is 5.73. The average molecular weight is 386 g/mol. The summed E-state index contributed by atoms with van der Waals surface area (Å²) in [5.74, 6) is -0.781. The molecule has 2 heterocycles. The number of halogens is 1. The zero-order valence-electron chi connectivity index (χ0n) is 16.4. The van der Waals surface area contributed by atoms with E-state index in [-0.39, 0.29) is 29.3 Å². The number of carbonyl (C=O) groups excluding carboxylic acids is 1. The van der Waals surface area contributed by atoms with Gasteiger partial charge in [-0.25, -0.2) is 9.37 Å². The van der Waals surface area contributed by atoms with Gasteiger partial charge in [-0.1, -0.05) is 6.42 Å². The molecule has 2 aromatic rings. The van der Waals surface area contributed by atoms with Crippen molar-refractivity contribution in [3.05, 3.63) is 41.0 Å². The first-order chi connectivity index (χ1) is 13.3. The van der Waals surface area contributed by atoms with E-state index in [1.807, 2.05) is 26.8 Å². The van der Waals surface area contributed by atoms with Crippen LogP contribution in [-0.4, -0.2) is 28.0 Å². The molecule has 1 saturated carbocycles. The van der Waals surface area contributed by atoms with Crippen molar-refractivity contribution < 1.29 is 9.18 Å². The highest BCUT2D eigenvalue weighted by molar-refractivity contribution is 5.98. The Morgan fingerprint density at radius 3 is 2.54 bits per heavy atom. The molecule has 6 N–H and O–H groups in total. The molecule has 2 aromatic heterocycles. The van der Waals surface area contributed by atoms with E-state index in [4.69, 9.17) is 11.5 Å². The fourth-order valence-corrected chi connectivity index (χ4v) is 3.36. The fraction of sp³-hybridized carbons (Fsp3) is 0.450. The lowest BCUT2D eigenvalue weighted by Gasteiger charge is -2.37. The summed E-state index contributed by atoms with van der Waals surface area (Å²) in [4.78, 5) is 20.4. The van der Waals surface area contributed by atoms with Crippen molar-refractivity contribution in [1.29, 1.82) is 0 Å². The SMILES string of the molecule is Cc1cc(Nc2nc(N[C@H](C3CCC3)[C@H](C)N)c(F)cc2C(N)=O)cnc1C. The number of primary amides is 1. The first kappa shape index (κ1) is 20.0. The Morgan fingerprint density at radius 1 is 1.29 bits per heavy atom. The van der Waals surface area contributed by atoms with Crippen LogP contribution in [0.4, 0.5) is 21.7 Å². The normalized spacial score (nSPS) is 16.2. The Kier molecular flexibility index (Phi) is 5.79. The monoisotopic (exact) mass is 386 g/mol. The molecule has 28 heavy (non-hydrogen) atoms. The minimum Gasteiger partial charge on any atom is -0.365 e. The van der Waals surface area contributed by atoms with Crippen molar-refractivity contribution >= 4 is 23.2 Å². The van der Waals surface area contributed by atoms with E-state index in [9.17, 15) is 9.18 Å². The number of aromatic nitrogens is 2. The fourth-order valence-electron chi connectivity index (χ4n) is 3.36. The number of nitrogens with one attached hydrogen (secondary N) is 2. The predicted molar refractivity (Wildman–Crippen MR) is 108 cm³/mol. The molecule has 0 bridgehead atoms. The smallest absolute Gasteiger partial charge is 0.252 e. The maximum Gasteiger partial charge on any atom is 0.252 e. The molecule has 0 spiro atoms. The Labute approximate surface area is 164 Å². The van der Waals surface area contributed by atoms with Gasteiger partial charge in [0.25, 0.3) is 5.91 Å². The number of hydrogen-bond donors (Lipinski definition) is 4. The molecule has 0 aromatic carbocycles. The van der Waals surface area contributed by atoms with Gasteiger partial charge in [0.2, 0.25) is 0 Å². The van der Waals surface area contributed by atoms with Crippen molar-refractivity contribution in [2.24, 2.45) is 17.4 Å². The summed E-state index contributed by atoms with van der Waals surface area (Å²) in [7, 11) is 0. The summed E-state index contributed by atoms with van der Waals surface area (Å²) in [6.07, 6.45) is 4.89. The third-order valence-corrected chi connectivity index (χ3v) is 5.37. The topological polar surface area (TPSA) is 119 Å². The van der Waals surface area contributed by atoms with E-state index < -0.39 is 11.7 Å². The van der Waals surface area contributed by atoms with E-state index >= 15 is 0 Å². The summed E-state index contributed by atoms with van der Waals surface area (Å²) >= 11 is 0. The van der Waals surface area contributed by atoms with Crippen LogP contribution < -0.4 is 22.1 Å². The van der Waals surface area contributed by atoms with Crippen molar-refractivity contribution in [3.8, 4) is 0 Å². The van der Waals surface area contributed by atoms with E-state index in [2.05, 4.69) is 20.6 Å². The second kappa shape index (κ2) is 8.10. The molecule has 1 aliphatic rings. The number of carbonyl (C=O) groups is 1. The minimum absolute atomic E-state index is 0.0257. The van der Waals surface area contributed by atoms with Gasteiger partial charge in [0.05, 0.1) is 17.4 Å². The van der Waals surface area contributed by atoms with Crippen molar-refractivity contribution in [1.82, 2.24) is 9.97 Å². The van der Waals surface area contributed by atoms with Crippen LogP contribution in [0.5, 0.6) is 0 Å². The Morgan fingerprint density at radius 2 is 2.00 bits per heavy atom. The largest absolute Gasteiger partial charge is 0.365 e. The minimum atomic E-state index is -0.764. The van der Waals surface area contributed by atoms with Crippen LogP contribution in [0.1, 0.15) is 47.8 Å². The highest BCUT2D eigenvalue weighted by atomic mass is 19.1. The van der Waals surface area contributed by atoms with Crippen LogP contribution >= 0.6 is 0 Å². The number of hydrogen-bond acceptors (Lipinski definition) is 6. The standard InChI is InChI=1S/C20H27FN6O/c1-10-7-14(9-24-12(10)3)25-19-15(18(23)28)8-16(21)20(27-19)26-17(11(2)22)13-5-4-6-13/h7-9,11,13,17H,4-6,22H2,1-3H3,(H2,23,28)(H2,25,26,27)/t11-,17-/m0/s1. The Balaban J connectivity index is 1.94. The zero-order valence-corrected chi connectivity index (χ0v) is 16.4. The zero-order chi connectivity index (χ0) is 20.4. The van der Waals surface area contributed by atoms with Gasteiger partial charge in [0.1, 0.15) is 5.82 Å². The van der Waals surface area contributed by atoms with E-state index in [1.165, 1.54) is 0 Å². The molecule has 1 fully saturated rings. The molecule has 150 valence electrons. The van der Waals surface area contributed by atoms with Crippen LogP contribution in [0.3, 0.4) is 0 Å². The molecular weight excluding hydrogens is 359 g/mol. The van der Waals surface area contributed by atoms with Gasteiger partial charge in [-0.3, -0.25) is 9.78 Å². The number of nitrogens with zero attached hydrogens (tertiary/aromatic N) is 2. The van der Waals surface area contributed by atoms with E-state index in [0.29, 0.717) is 11.6 Å². The molecule has 7 nitrogen and oxygen atoms in total. The maximum absolute atomic E-state index is 14.6. The van der Waals surface area contributed by atoms with Gasteiger partial charge < -0.3 is 22.1 Å². The second-order valence-corrected chi connectivity index (χ2v) is 7.55. The van der Waals surface area contributed by atoms with Crippen molar-refractivity contribution in [2.45, 2.75) is 52.1 Å². The van der Waals surface area contributed by atoms with Crippen LogP contribution in [0.2, 0.25) is 0 Å². The molecule has 2 atom stereocenters. The number of nitrogens with two attached hydrogens (primary N) is 2. The van der Waals surface area contributed by atoms with Crippen LogP contribution in [0.25, 0.3) is 0 Å². The molecule has 0 saturated heterocycles. The highest BCUT2D eigenvalue weighted by Gasteiger charge is 2.31. The van der Waals surface area contributed by atoms with Gasteiger partial charge in [0, 0.05) is 17.8 Å². The van der Waals surface area contributed by atoms with Crippen molar-refractivity contribution in [3.63, 3.8) is 0 Å². The van der Waals surface area contributed by atoms with Crippen LogP contribution in [0.15, 0.2) is 18.3 Å². The van der Waals surface area contributed by atoms with Crippen LogP contribution in [-0.2, 0) is 0 Å². The quantitative estimate of drug-likeness (QED) is 0.581. The van der Waals surface area contributed by atoms with Crippen molar-refractivity contribution in [2.75, 3.05) is 10.6 Å². The number of pyridine rings is 2. The summed E-state index contributed by atoms with van der Waals surface area (Å²) < 4.78 is 14.6. The lowest BCUT2D eigenvalue weighted by molar-refractivity contribution is 0.100. The van der Waals surface area contributed by atoms with E-state index in [1.54, 1.807) is 6.20 Å². The highest BCUT2D eigenvalue weighted by Crippen LogP contribution is 2.33. The summed E-state index contributed by atoms with van der Waals surface area (Å²) in [5, 5.41) is 6.18. The van der Waals surface area contributed by atoms with E-state index in [0.717, 1.165) is 36.6 Å². The molecule has 0 aliphatic heterocycles. The van der Waals surface area contributed by atoms with Gasteiger partial charge in [-0.2, -0.15) is 0 Å². The van der Waals surface area contributed by atoms with Crippen LogP contribution in [0, 0.1) is 25.6 Å². The first-order valence-corrected chi connectivity index (χ1v) is 9.49. The average Bonchev–Trinajstić information content (AvgIpc) is 2.58. The number of anilines is 3. The molecule has 8 heteroatoms. The predicted octanol–water partition coefficient (Wildman–Crippen LogP) is 3.00. The number of amides is 1. The molecule has 1 amide bonds. The molecule has 0 radical (unpaired) electrons. The molecule has 1 aliphatic carbocycles. The second-order valence-electron chi connectivity index (χ2n) is 7.55. The Bertz CT molecular complexity index is 881. The molecule has 3 rings (SSSR count). The lowest BCUT2D eigenvalue weighted by atomic mass is 9.77. The molecular formula is C20H27FN6O. The Hall–Kier alpha value is -2.74. The number of rotatable bonds is 7. The number of aryl methyl sites for hydroxylation is 2. The maximum atomic E-state index is 14.6. The molecule has 0 unspecified atom stereocenters. The van der Waals surface area contributed by atoms with Gasteiger partial charge >= 0.3 is 0 Å². The third kappa shape index (κ3) is 4.22. The third-order valence-electron chi connectivity index (χ3n) is 5.37. The summed E-state index contributed by atoms with van der Waals surface area (Å²) in [6, 6.07) is 2.73. The van der Waals surface area contributed by atoms with Gasteiger partial charge in [-0.05, 0) is 57.2 Å². The van der Waals surface area contributed by atoms with Gasteiger partial charge in [0.15, 0.2) is 11.6 Å². The lowest BCUT2D eigenvalue weighted by Crippen LogP contribution is -2.46. The summed E-state index contributed by atoms with van der Waals surface area (Å²) in [5.41, 5.74) is 14.0.